The van der Waals surface area contributed by atoms with E-state index >= 15 is 0 Å². The van der Waals surface area contributed by atoms with Gasteiger partial charge in [0.1, 0.15) is 12.3 Å². The van der Waals surface area contributed by atoms with Crippen molar-refractivity contribution >= 4 is 17.5 Å². The van der Waals surface area contributed by atoms with E-state index in [0.717, 1.165) is 18.2 Å². The smallest absolute Gasteiger partial charge is 0.416 e. The van der Waals surface area contributed by atoms with E-state index in [-0.39, 0.29) is 29.3 Å². The van der Waals surface area contributed by atoms with Gasteiger partial charge in [-0.05, 0) is 35.9 Å². The summed E-state index contributed by atoms with van der Waals surface area (Å²) < 4.78 is 45.9. The number of carbonyl (C=O) groups is 2. The highest BCUT2D eigenvalue weighted by molar-refractivity contribution is 6.08. The zero-order chi connectivity index (χ0) is 21.5. The summed E-state index contributed by atoms with van der Waals surface area (Å²) in [4.78, 5) is 24.0. The van der Waals surface area contributed by atoms with E-state index in [4.69, 9.17) is 10.6 Å². The van der Waals surface area contributed by atoms with E-state index in [2.05, 4.69) is 10.4 Å². The molecule has 154 valence electrons. The van der Waals surface area contributed by atoms with E-state index in [1.54, 1.807) is 18.3 Å². The van der Waals surface area contributed by atoms with E-state index in [1.165, 1.54) is 16.9 Å². The second-order valence-corrected chi connectivity index (χ2v) is 6.47. The van der Waals surface area contributed by atoms with Crippen LogP contribution < -0.4 is 21.3 Å². The third-order valence-electron chi connectivity index (χ3n) is 4.43. The Morgan fingerprint density at radius 2 is 1.93 bits per heavy atom. The molecule has 0 aliphatic carbocycles. The fraction of sp³-hybridized carbons (Fsp3) is 0.105. The Morgan fingerprint density at radius 3 is 2.67 bits per heavy atom. The summed E-state index contributed by atoms with van der Waals surface area (Å²) in [7, 11) is 0. The van der Waals surface area contributed by atoms with Gasteiger partial charge in [0.2, 0.25) is 0 Å². The Balaban J connectivity index is 1.65. The first-order chi connectivity index (χ1) is 14.2. The number of ether oxygens (including phenoxy) is 1. The van der Waals surface area contributed by atoms with Crippen LogP contribution in [0, 0.1) is 0 Å². The zero-order valence-corrected chi connectivity index (χ0v) is 15.2. The molecule has 30 heavy (non-hydrogen) atoms. The van der Waals surface area contributed by atoms with Crippen molar-refractivity contribution in [2.75, 3.05) is 5.32 Å². The molecular formula is C19H14F3N5O3. The van der Waals surface area contributed by atoms with Gasteiger partial charge in [0.05, 0.1) is 23.0 Å². The molecule has 2 aromatic carbocycles. The third-order valence-corrected chi connectivity index (χ3v) is 4.43. The molecule has 1 aliphatic rings. The number of hydrogen-bond donors (Lipinski definition) is 3. The lowest BCUT2D eigenvalue weighted by Gasteiger charge is -2.11. The summed E-state index contributed by atoms with van der Waals surface area (Å²) >= 11 is 0. The summed E-state index contributed by atoms with van der Waals surface area (Å²) in [5, 5.41) is 6.51. The molecule has 1 aromatic heterocycles. The van der Waals surface area contributed by atoms with Crippen molar-refractivity contribution in [2.45, 2.75) is 12.7 Å². The quantitative estimate of drug-likeness (QED) is 0.345. The van der Waals surface area contributed by atoms with Gasteiger partial charge in [-0.1, -0.05) is 6.07 Å². The number of fused-ring (bicyclic) bond motifs is 2. The van der Waals surface area contributed by atoms with Gasteiger partial charge in [-0.3, -0.25) is 19.7 Å². The number of nitrogens with one attached hydrogen (secondary N) is 2. The van der Waals surface area contributed by atoms with Crippen LogP contribution >= 0.6 is 0 Å². The molecule has 11 heteroatoms. The van der Waals surface area contributed by atoms with Crippen molar-refractivity contribution in [3.8, 4) is 22.6 Å². The Hall–Kier alpha value is -3.86. The second kappa shape index (κ2) is 7.19. The Morgan fingerprint density at radius 1 is 1.17 bits per heavy atom. The molecule has 4 N–H and O–H groups in total. The summed E-state index contributed by atoms with van der Waals surface area (Å²) in [6.07, 6.45) is -1.45. The van der Waals surface area contributed by atoms with Crippen molar-refractivity contribution in [1.29, 1.82) is 0 Å². The maximum Gasteiger partial charge on any atom is 0.416 e. The number of alkyl halides is 3. The lowest BCUT2D eigenvalue weighted by atomic mass is 10.0. The number of nitrogens with zero attached hydrogens (tertiary/aromatic N) is 2. The first-order valence-corrected chi connectivity index (χ1v) is 8.61. The van der Waals surface area contributed by atoms with Crippen LogP contribution in [0.4, 0.5) is 18.9 Å². The molecule has 0 atom stereocenters. The van der Waals surface area contributed by atoms with Crippen molar-refractivity contribution < 1.29 is 27.5 Å². The highest BCUT2D eigenvalue weighted by Gasteiger charge is 2.32. The maximum absolute atomic E-state index is 13.0. The molecule has 8 nitrogen and oxygen atoms in total. The van der Waals surface area contributed by atoms with Gasteiger partial charge in [-0.25, -0.2) is 5.84 Å². The van der Waals surface area contributed by atoms with Crippen LogP contribution in [0.1, 0.15) is 15.9 Å². The molecule has 4 rings (SSSR count). The van der Waals surface area contributed by atoms with Crippen LogP contribution in [-0.4, -0.2) is 21.6 Å². The summed E-state index contributed by atoms with van der Waals surface area (Å²) in [6.45, 7) is -0.0815. The highest BCUT2D eigenvalue weighted by Crippen LogP contribution is 2.40. The minimum absolute atomic E-state index is 0.0757. The molecular weight excluding hydrogens is 403 g/mol. The van der Waals surface area contributed by atoms with E-state index in [9.17, 15) is 22.8 Å². The number of hydrazine groups is 1. The number of carbonyl (C=O) groups excluding carboxylic acids is 2. The predicted molar refractivity (Wildman–Crippen MR) is 99.5 cm³/mol. The van der Waals surface area contributed by atoms with Gasteiger partial charge in [0.25, 0.3) is 11.8 Å². The molecule has 3 aromatic rings. The largest absolute Gasteiger partial charge is 0.454 e. The van der Waals surface area contributed by atoms with Crippen LogP contribution in [0.5, 0.6) is 11.5 Å². The van der Waals surface area contributed by atoms with Gasteiger partial charge in [0, 0.05) is 11.8 Å². The number of anilines is 1. The summed E-state index contributed by atoms with van der Waals surface area (Å²) in [5.41, 5.74) is 2.40. The maximum atomic E-state index is 13.0. The van der Waals surface area contributed by atoms with Crippen LogP contribution in [0.3, 0.4) is 0 Å². The summed E-state index contributed by atoms with van der Waals surface area (Å²) in [5.74, 6) is 4.31. The van der Waals surface area contributed by atoms with E-state index in [1.807, 2.05) is 5.43 Å². The first kappa shape index (κ1) is 19.5. The van der Waals surface area contributed by atoms with E-state index < -0.39 is 23.6 Å². The topological polar surface area (TPSA) is 111 Å². The molecule has 2 amide bonds. The number of rotatable bonds is 3. The lowest BCUT2D eigenvalue weighted by molar-refractivity contribution is -0.137. The van der Waals surface area contributed by atoms with Gasteiger partial charge in [0.15, 0.2) is 5.75 Å². The number of halogens is 3. The van der Waals surface area contributed by atoms with Crippen molar-refractivity contribution in [2.24, 2.45) is 5.84 Å². The minimum Gasteiger partial charge on any atom is -0.454 e. The molecule has 0 saturated carbocycles. The number of aromatic nitrogens is 2. The SMILES string of the molecule is NNC(=O)Cn1cc(-c2ccc3c(c2)C(=O)Nc2cc(C(F)(F)F)ccc2O3)cn1. The molecule has 0 bridgehead atoms. The average Bonchev–Trinajstić information content (AvgIpc) is 3.11. The molecule has 0 fully saturated rings. The summed E-state index contributed by atoms with van der Waals surface area (Å²) in [6, 6.07) is 7.62. The van der Waals surface area contributed by atoms with Crippen molar-refractivity contribution in [3.05, 3.63) is 59.9 Å². The first-order valence-electron chi connectivity index (χ1n) is 8.61. The molecule has 0 radical (unpaired) electrons. The van der Waals surface area contributed by atoms with Crippen LogP contribution in [-0.2, 0) is 17.5 Å². The molecule has 0 saturated heterocycles. The van der Waals surface area contributed by atoms with Crippen molar-refractivity contribution in [3.63, 3.8) is 0 Å². The Kier molecular flexibility index (Phi) is 4.66. The zero-order valence-electron chi connectivity index (χ0n) is 15.2. The molecule has 1 aliphatic heterocycles. The average molecular weight is 417 g/mol. The minimum atomic E-state index is -4.55. The second-order valence-electron chi connectivity index (χ2n) is 6.47. The fourth-order valence-electron chi connectivity index (χ4n) is 2.97. The van der Waals surface area contributed by atoms with Gasteiger partial charge < -0.3 is 10.1 Å². The molecule has 2 heterocycles. The van der Waals surface area contributed by atoms with E-state index in [0.29, 0.717) is 11.1 Å². The van der Waals surface area contributed by atoms with Crippen LogP contribution in [0.2, 0.25) is 0 Å². The molecule has 0 spiro atoms. The number of benzene rings is 2. The number of hydrogen-bond acceptors (Lipinski definition) is 5. The fourth-order valence-corrected chi connectivity index (χ4v) is 2.97. The van der Waals surface area contributed by atoms with Gasteiger partial charge >= 0.3 is 6.18 Å². The normalized spacial score (nSPS) is 12.9. The standard InChI is InChI=1S/C19H14F3N5O3/c20-19(21,22)12-2-4-16-14(6-12)25-18(29)13-5-10(1-3-15(13)30-16)11-7-24-27(8-11)9-17(28)26-23/h1-8H,9,23H2,(H,25,29)(H,26,28). The molecule has 0 unspecified atom stereocenters. The number of nitrogens with two attached hydrogens (primary N) is 1. The predicted octanol–water partition coefficient (Wildman–Crippen LogP) is 2.92. The Bertz CT molecular complexity index is 1160. The van der Waals surface area contributed by atoms with Crippen LogP contribution in [0.25, 0.3) is 11.1 Å². The van der Waals surface area contributed by atoms with Gasteiger partial charge in [-0.2, -0.15) is 18.3 Å². The highest BCUT2D eigenvalue weighted by atomic mass is 19.4. The van der Waals surface area contributed by atoms with Crippen molar-refractivity contribution in [1.82, 2.24) is 15.2 Å². The Labute approximate surface area is 167 Å². The van der Waals surface area contributed by atoms with Crippen LogP contribution in [0.15, 0.2) is 48.8 Å². The lowest BCUT2D eigenvalue weighted by Crippen LogP contribution is -2.33. The number of amides is 2. The van der Waals surface area contributed by atoms with Gasteiger partial charge in [-0.15, -0.1) is 0 Å². The third kappa shape index (κ3) is 3.70. The monoisotopic (exact) mass is 417 g/mol.